The molecule has 2 N–H and O–H groups in total. The molecule has 2 aliphatic heterocycles. The molecule has 92 valence electrons. The molecular weight excluding hydrogens is 215 g/mol. The summed E-state index contributed by atoms with van der Waals surface area (Å²) in [5.74, 6) is 0.567. The number of anilines is 1. The van der Waals surface area contributed by atoms with Gasteiger partial charge in [-0.25, -0.2) is 4.39 Å². The topological polar surface area (TPSA) is 29.3 Å². The van der Waals surface area contributed by atoms with Crippen molar-refractivity contribution in [3.8, 4) is 0 Å². The van der Waals surface area contributed by atoms with E-state index in [1.807, 2.05) is 6.07 Å². The molecule has 0 bridgehead atoms. The van der Waals surface area contributed by atoms with E-state index in [0.29, 0.717) is 12.0 Å². The van der Waals surface area contributed by atoms with Crippen LogP contribution in [-0.4, -0.2) is 19.1 Å². The highest BCUT2D eigenvalue weighted by atomic mass is 19.1. The molecule has 2 atom stereocenters. The Bertz CT molecular complexity index is 419. The largest absolute Gasteiger partial charge is 0.368 e. The van der Waals surface area contributed by atoms with Crippen molar-refractivity contribution in [2.24, 2.45) is 11.7 Å². The maximum Gasteiger partial charge on any atom is 0.123 e. The van der Waals surface area contributed by atoms with Crippen molar-refractivity contribution in [3.63, 3.8) is 0 Å². The first-order valence-corrected chi connectivity index (χ1v) is 6.53. The van der Waals surface area contributed by atoms with Crippen LogP contribution >= 0.6 is 0 Å². The third-order valence-electron chi connectivity index (χ3n) is 4.26. The zero-order chi connectivity index (χ0) is 11.8. The number of nitrogens with two attached hydrogens (primary N) is 1. The Morgan fingerprint density at radius 1 is 1.35 bits per heavy atom. The first-order chi connectivity index (χ1) is 8.28. The minimum atomic E-state index is -0.112. The Morgan fingerprint density at radius 3 is 3.06 bits per heavy atom. The first-order valence-electron chi connectivity index (χ1n) is 6.53. The Morgan fingerprint density at radius 2 is 2.24 bits per heavy atom. The predicted octanol–water partition coefficient (Wildman–Crippen LogP) is 2.32. The van der Waals surface area contributed by atoms with Gasteiger partial charge in [0.25, 0.3) is 0 Å². The van der Waals surface area contributed by atoms with Crippen molar-refractivity contribution >= 4 is 5.69 Å². The van der Waals surface area contributed by atoms with E-state index in [1.54, 1.807) is 12.1 Å². The average Bonchev–Trinajstić information content (AvgIpc) is 2.37. The van der Waals surface area contributed by atoms with Crippen LogP contribution in [-0.2, 0) is 6.42 Å². The van der Waals surface area contributed by atoms with Crippen molar-refractivity contribution in [2.75, 3.05) is 18.0 Å². The number of hydrogen-bond donors (Lipinski definition) is 1. The summed E-state index contributed by atoms with van der Waals surface area (Å²) in [5.41, 5.74) is 8.19. The second-order valence-corrected chi connectivity index (χ2v) is 5.29. The van der Waals surface area contributed by atoms with Crippen LogP contribution in [0.25, 0.3) is 0 Å². The third kappa shape index (κ3) is 1.93. The van der Waals surface area contributed by atoms with Gasteiger partial charge >= 0.3 is 0 Å². The Balaban J connectivity index is 1.87. The molecule has 3 heteroatoms. The van der Waals surface area contributed by atoms with E-state index in [4.69, 9.17) is 5.73 Å². The number of nitrogens with zero attached hydrogens (tertiary/aromatic N) is 1. The average molecular weight is 234 g/mol. The molecule has 2 heterocycles. The molecule has 0 aromatic heterocycles. The van der Waals surface area contributed by atoms with Crippen LogP contribution in [0.4, 0.5) is 10.1 Å². The summed E-state index contributed by atoms with van der Waals surface area (Å²) in [7, 11) is 0. The molecular formula is C14H19FN2. The second-order valence-electron chi connectivity index (χ2n) is 5.29. The van der Waals surface area contributed by atoms with Crippen LogP contribution in [0, 0.1) is 11.7 Å². The monoisotopic (exact) mass is 234 g/mol. The van der Waals surface area contributed by atoms with Crippen LogP contribution < -0.4 is 10.6 Å². The lowest BCUT2D eigenvalue weighted by atomic mass is 9.84. The van der Waals surface area contributed by atoms with E-state index in [2.05, 4.69) is 4.90 Å². The number of fused-ring (bicyclic) bond motifs is 3. The zero-order valence-corrected chi connectivity index (χ0v) is 10.0. The zero-order valence-electron chi connectivity index (χ0n) is 10.0. The van der Waals surface area contributed by atoms with Crippen molar-refractivity contribution in [2.45, 2.75) is 31.7 Å². The van der Waals surface area contributed by atoms with Crippen molar-refractivity contribution < 1.29 is 4.39 Å². The van der Waals surface area contributed by atoms with E-state index < -0.39 is 0 Å². The van der Waals surface area contributed by atoms with Crippen molar-refractivity contribution in [1.29, 1.82) is 0 Å². The maximum atomic E-state index is 13.2. The Labute approximate surface area is 102 Å². The molecule has 3 rings (SSSR count). The van der Waals surface area contributed by atoms with Gasteiger partial charge in [-0.05, 0) is 61.9 Å². The summed E-state index contributed by atoms with van der Waals surface area (Å²) >= 11 is 0. The van der Waals surface area contributed by atoms with E-state index in [-0.39, 0.29) is 5.82 Å². The van der Waals surface area contributed by atoms with Gasteiger partial charge in [0.1, 0.15) is 5.82 Å². The van der Waals surface area contributed by atoms with Crippen LogP contribution in [0.15, 0.2) is 18.2 Å². The molecule has 1 fully saturated rings. The summed E-state index contributed by atoms with van der Waals surface area (Å²) in [6.45, 7) is 1.88. The minimum Gasteiger partial charge on any atom is -0.368 e. The van der Waals surface area contributed by atoms with Gasteiger partial charge in [-0.2, -0.15) is 0 Å². The summed E-state index contributed by atoms with van der Waals surface area (Å²) in [5, 5.41) is 0. The number of piperidine rings is 1. The number of benzene rings is 1. The van der Waals surface area contributed by atoms with E-state index in [0.717, 1.165) is 25.9 Å². The molecule has 0 saturated carbocycles. The summed E-state index contributed by atoms with van der Waals surface area (Å²) in [6, 6.07) is 5.84. The predicted molar refractivity (Wildman–Crippen MR) is 67.6 cm³/mol. The summed E-state index contributed by atoms with van der Waals surface area (Å²) < 4.78 is 13.2. The Kier molecular flexibility index (Phi) is 2.79. The van der Waals surface area contributed by atoms with Crippen LogP contribution in [0.1, 0.15) is 24.8 Å². The minimum absolute atomic E-state index is 0.112. The first kappa shape index (κ1) is 11.0. The molecule has 0 spiro atoms. The van der Waals surface area contributed by atoms with E-state index in [9.17, 15) is 4.39 Å². The molecule has 2 nitrogen and oxygen atoms in total. The number of hydrogen-bond acceptors (Lipinski definition) is 2. The summed E-state index contributed by atoms with van der Waals surface area (Å²) in [4.78, 5) is 2.46. The fraction of sp³-hybridized carbons (Fsp3) is 0.571. The lowest BCUT2D eigenvalue weighted by Crippen LogP contribution is -2.46. The van der Waals surface area contributed by atoms with Gasteiger partial charge in [0.05, 0.1) is 0 Å². The van der Waals surface area contributed by atoms with Gasteiger partial charge in [0, 0.05) is 18.3 Å². The van der Waals surface area contributed by atoms with Gasteiger partial charge in [-0.15, -0.1) is 0 Å². The standard InChI is InChI=1S/C14H19FN2/c15-12-2-4-14-11(8-12)1-3-13-7-10(9-16)5-6-17(13)14/h2,4,8,10,13H,1,3,5-7,9,16H2. The van der Waals surface area contributed by atoms with E-state index in [1.165, 1.54) is 24.1 Å². The molecule has 0 aliphatic carbocycles. The van der Waals surface area contributed by atoms with Gasteiger partial charge in [-0.1, -0.05) is 0 Å². The fourth-order valence-electron chi connectivity index (χ4n) is 3.30. The summed E-state index contributed by atoms with van der Waals surface area (Å²) in [6.07, 6.45) is 4.52. The highest BCUT2D eigenvalue weighted by Gasteiger charge is 2.31. The number of halogens is 1. The molecule has 17 heavy (non-hydrogen) atoms. The fourth-order valence-corrected chi connectivity index (χ4v) is 3.30. The van der Waals surface area contributed by atoms with Crippen LogP contribution in [0.2, 0.25) is 0 Å². The second kappa shape index (κ2) is 4.30. The van der Waals surface area contributed by atoms with E-state index >= 15 is 0 Å². The smallest absolute Gasteiger partial charge is 0.123 e. The number of aryl methyl sites for hydroxylation is 1. The van der Waals surface area contributed by atoms with Crippen molar-refractivity contribution in [3.05, 3.63) is 29.6 Å². The molecule has 1 aromatic rings. The highest BCUT2D eigenvalue weighted by molar-refractivity contribution is 5.57. The van der Waals surface area contributed by atoms with Gasteiger partial charge in [-0.3, -0.25) is 0 Å². The Hall–Kier alpha value is -1.09. The molecule has 0 radical (unpaired) electrons. The normalized spacial score (nSPS) is 27.5. The molecule has 1 saturated heterocycles. The van der Waals surface area contributed by atoms with Crippen molar-refractivity contribution in [1.82, 2.24) is 0 Å². The highest BCUT2D eigenvalue weighted by Crippen LogP contribution is 2.37. The maximum absolute atomic E-state index is 13.2. The lowest BCUT2D eigenvalue weighted by Gasteiger charge is -2.44. The molecule has 0 amide bonds. The molecule has 2 aliphatic rings. The lowest BCUT2D eigenvalue weighted by molar-refractivity contribution is 0.328. The molecule has 2 unspecified atom stereocenters. The van der Waals surface area contributed by atoms with Gasteiger partial charge < -0.3 is 10.6 Å². The van der Waals surface area contributed by atoms with Crippen LogP contribution in [0.5, 0.6) is 0 Å². The van der Waals surface area contributed by atoms with Gasteiger partial charge in [0.2, 0.25) is 0 Å². The van der Waals surface area contributed by atoms with Crippen LogP contribution in [0.3, 0.4) is 0 Å². The third-order valence-corrected chi connectivity index (χ3v) is 4.26. The quantitative estimate of drug-likeness (QED) is 0.808. The number of rotatable bonds is 1. The SMILES string of the molecule is NCC1CCN2c3ccc(F)cc3CCC2C1. The molecule has 1 aromatic carbocycles. The van der Waals surface area contributed by atoms with Gasteiger partial charge in [0.15, 0.2) is 0 Å².